The quantitative estimate of drug-likeness (QED) is 0.255. The van der Waals surface area contributed by atoms with Crippen molar-refractivity contribution in [2.75, 3.05) is 6.67 Å². The molecule has 0 aliphatic rings. The lowest BCUT2D eigenvalue weighted by Gasteiger charge is -2.29. The second-order valence-electron chi connectivity index (χ2n) is 7.03. The molecule has 0 aromatic carbocycles. The monoisotopic (exact) mass is 452 g/mol. The fourth-order valence-electron chi connectivity index (χ4n) is 2.76. The third kappa shape index (κ3) is 5.11. The molecule has 8 heteroatoms. The second-order valence-corrected chi connectivity index (χ2v) is 15.0. The number of hydrogen-bond acceptors (Lipinski definition) is 3. The van der Waals surface area contributed by atoms with Crippen molar-refractivity contribution in [1.82, 2.24) is 4.98 Å². The first kappa shape index (κ1) is 22.7. The zero-order chi connectivity index (χ0) is 19.4. The first-order chi connectivity index (χ1) is 11.6. The summed E-state index contributed by atoms with van der Waals surface area (Å²) in [7, 11) is -2.03. The molecule has 0 saturated heterocycles. The van der Waals surface area contributed by atoms with Crippen LogP contribution in [0.2, 0.25) is 18.1 Å². The lowest BCUT2D eigenvalue weighted by Crippen LogP contribution is -2.48. The Morgan fingerprint density at radius 1 is 1.28 bits per heavy atom. The Hall–Kier alpha value is -0.313. The Labute approximate surface area is 162 Å². The third-order valence-electron chi connectivity index (χ3n) is 4.64. The Morgan fingerprint density at radius 2 is 1.80 bits per heavy atom. The van der Waals surface area contributed by atoms with Crippen molar-refractivity contribution in [3.8, 4) is 0 Å². The molecule has 1 rings (SSSR count). The highest BCUT2D eigenvalue weighted by atomic mass is 79.9. The van der Waals surface area contributed by atoms with Gasteiger partial charge < -0.3 is 4.55 Å². The minimum Gasteiger partial charge on any atom is -0.591 e. The molecule has 142 valence electrons. The van der Waals surface area contributed by atoms with Crippen LogP contribution in [-0.2, 0) is 11.4 Å². The summed E-state index contributed by atoms with van der Waals surface area (Å²) in [4.78, 5) is 4.11. The van der Waals surface area contributed by atoms with Gasteiger partial charge in [-0.05, 0) is 48.0 Å². The zero-order valence-corrected chi connectivity index (χ0v) is 19.2. The van der Waals surface area contributed by atoms with Crippen LogP contribution in [0.3, 0.4) is 0 Å². The number of pyridine rings is 1. The van der Waals surface area contributed by atoms with E-state index >= 15 is 4.39 Å². The number of nitrogens with zero attached hydrogens (tertiary/aromatic N) is 2. The summed E-state index contributed by atoms with van der Waals surface area (Å²) in [5.41, 5.74) is -0.323. The summed E-state index contributed by atoms with van der Waals surface area (Å²) in [6.07, 6.45) is 0. The standard InChI is InChI=1S/C17H27BrF2N2OSSi/c1-7-25(8-2,9-3)13-10-14(18)21-16(15(13)20)12(11-19)22-24(23)17(4,5)6/h10H,7-9,11H2,1-6H3/t24-/m1/s1. The van der Waals surface area contributed by atoms with Gasteiger partial charge >= 0.3 is 0 Å². The average molecular weight is 453 g/mol. The molecule has 1 aromatic rings. The molecule has 0 saturated carbocycles. The number of hydrogen-bond donors (Lipinski definition) is 0. The van der Waals surface area contributed by atoms with E-state index in [9.17, 15) is 8.94 Å². The SMILES string of the molecule is CC[Si](CC)(CC)c1cc(Br)nc(C(CF)=N[S@+]([O-])C(C)(C)C)c1F. The molecule has 25 heavy (non-hydrogen) atoms. The minimum absolute atomic E-state index is 0.128. The molecular formula is C17H27BrF2N2OSSi. The molecule has 0 fully saturated rings. The van der Waals surface area contributed by atoms with Crippen molar-refractivity contribution in [3.63, 3.8) is 0 Å². The number of rotatable bonds is 7. The van der Waals surface area contributed by atoms with Crippen molar-refractivity contribution in [3.05, 3.63) is 22.2 Å². The lowest BCUT2D eigenvalue weighted by molar-refractivity contribution is 0.557. The predicted octanol–water partition coefficient (Wildman–Crippen LogP) is 4.92. The van der Waals surface area contributed by atoms with E-state index in [4.69, 9.17) is 0 Å². The Kier molecular flexibility index (Phi) is 8.23. The molecule has 0 aliphatic heterocycles. The van der Waals surface area contributed by atoms with Crippen LogP contribution in [0.4, 0.5) is 8.78 Å². The van der Waals surface area contributed by atoms with Crippen LogP contribution in [0.15, 0.2) is 15.1 Å². The van der Waals surface area contributed by atoms with Crippen molar-refractivity contribution >= 4 is 46.3 Å². The van der Waals surface area contributed by atoms with Gasteiger partial charge in [0.05, 0.1) is 8.07 Å². The van der Waals surface area contributed by atoms with Crippen molar-refractivity contribution in [2.45, 2.75) is 64.4 Å². The fourth-order valence-corrected chi connectivity index (χ4v) is 7.66. The molecule has 0 radical (unpaired) electrons. The molecule has 1 atom stereocenters. The van der Waals surface area contributed by atoms with Gasteiger partial charge in [0, 0.05) is 0 Å². The predicted molar refractivity (Wildman–Crippen MR) is 109 cm³/mol. The number of alkyl halides is 1. The van der Waals surface area contributed by atoms with E-state index in [-0.39, 0.29) is 11.4 Å². The van der Waals surface area contributed by atoms with E-state index in [0.717, 1.165) is 18.1 Å². The van der Waals surface area contributed by atoms with Gasteiger partial charge in [-0.3, -0.25) is 0 Å². The van der Waals surface area contributed by atoms with Crippen molar-refractivity contribution in [1.29, 1.82) is 0 Å². The Balaban J connectivity index is 3.59. The molecule has 0 aliphatic carbocycles. The first-order valence-electron chi connectivity index (χ1n) is 8.48. The van der Waals surface area contributed by atoms with Crippen molar-refractivity contribution < 1.29 is 13.3 Å². The maximum Gasteiger partial charge on any atom is 0.151 e. The van der Waals surface area contributed by atoms with Gasteiger partial charge in [-0.25, -0.2) is 13.8 Å². The highest BCUT2D eigenvalue weighted by Gasteiger charge is 2.35. The van der Waals surface area contributed by atoms with Gasteiger partial charge in [-0.15, -0.1) is 0 Å². The summed E-state index contributed by atoms with van der Waals surface area (Å²) >= 11 is 1.64. The molecule has 1 heterocycles. The molecule has 1 aromatic heterocycles. The molecule has 0 unspecified atom stereocenters. The molecule has 0 N–H and O–H groups in total. The normalized spacial score (nSPS) is 14.7. The van der Waals surface area contributed by atoms with E-state index in [1.54, 1.807) is 26.8 Å². The number of aromatic nitrogens is 1. The summed E-state index contributed by atoms with van der Waals surface area (Å²) in [6.45, 7) is 10.4. The topological polar surface area (TPSA) is 48.3 Å². The van der Waals surface area contributed by atoms with Gasteiger partial charge in [-0.1, -0.05) is 43.3 Å². The summed E-state index contributed by atoms with van der Waals surface area (Å²) in [5.74, 6) is -0.511. The zero-order valence-electron chi connectivity index (χ0n) is 15.8. The van der Waals surface area contributed by atoms with Crippen LogP contribution in [0, 0.1) is 5.82 Å². The van der Waals surface area contributed by atoms with Gasteiger partial charge in [0.25, 0.3) is 0 Å². The van der Waals surface area contributed by atoms with Gasteiger partial charge in [0.2, 0.25) is 0 Å². The van der Waals surface area contributed by atoms with Gasteiger partial charge in [0.15, 0.2) is 5.71 Å². The largest absolute Gasteiger partial charge is 0.591 e. The maximum atomic E-state index is 15.3. The molecule has 0 bridgehead atoms. The lowest BCUT2D eigenvalue weighted by atomic mass is 10.2. The first-order valence-corrected chi connectivity index (χ1v) is 13.0. The van der Waals surface area contributed by atoms with E-state index in [2.05, 4.69) is 46.1 Å². The molecule has 0 spiro atoms. The Bertz CT molecular complexity index is 626. The summed E-state index contributed by atoms with van der Waals surface area (Å²) < 4.78 is 44.9. The van der Waals surface area contributed by atoms with Crippen LogP contribution in [0.1, 0.15) is 47.2 Å². The average Bonchev–Trinajstić information content (AvgIpc) is 2.56. The molecule has 3 nitrogen and oxygen atoms in total. The van der Waals surface area contributed by atoms with E-state index in [0.29, 0.717) is 9.79 Å². The van der Waals surface area contributed by atoms with Crippen LogP contribution in [0.25, 0.3) is 0 Å². The Morgan fingerprint density at radius 3 is 2.20 bits per heavy atom. The van der Waals surface area contributed by atoms with Crippen LogP contribution < -0.4 is 5.19 Å². The smallest absolute Gasteiger partial charge is 0.151 e. The van der Waals surface area contributed by atoms with Crippen LogP contribution in [-0.4, -0.2) is 34.7 Å². The highest BCUT2D eigenvalue weighted by molar-refractivity contribution is 9.10. The van der Waals surface area contributed by atoms with E-state index in [1.165, 1.54) is 0 Å². The summed E-state index contributed by atoms with van der Waals surface area (Å²) in [5, 5.41) is 0.638. The highest BCUT2D eigenvalue weighted by Crippen LogP contribution is 2.25. The second kappa shape index (κ2) is 9.06. The molecular weight excluding hydrogens is 426 g/mol. The van der Waals surface area contributed by atoms with E-state index < -0.39 is 36.7 Å². The van der Waals surface area contributed by atoms with Crippen LogP contribution in [0.5, 0.6) is 0 Å². The van der Waals surface area contributed by atoms with Gasteiger partial charge in [-0.2, -0.15) is 0 Å². The maximum absolute atomic E-state index is 15.3. The number of halogens is 3. The van der Waals surface area contributed by atoms with Crippen molar-refractivity contribution in [2.24, 2.45) is 4.40 Å². The minimum atomic E-state index is -2.03. The third-order valence-corrected chi connectivity index (χ3v) is 12.1. The van der Waals surface area contributed by atoms with Gasteiger partial charge in [0.1, 0.15) is 38.9 Å². The van der Waals surface area contributed by atoms with E-state index in [1.807, 2.05) is 0 Å². The fraction of sp³-hybridized carbons (Fsp3) is 0.647. The molecule has 0 amide bonds. The van der Waals surface area contributed by atoms with Crippen LogP contribution >= 0.6 is 15.9 Å². The summed E-state index contributed by atoms with van der Waals surface area (Å²) in [6, 6.07) is 4.40.